The van der Waals surface area contributed by atoms with Crippen molar-refractivity contribution in [2.24, 2.45) is 10.8 Å². The fourth-order valence-electron chi connectivity index (χ4n) is 6.03. The summed E-state index contributed by atoms with van der Waals surface area (Å²) in [4.78, 5) is 12.3. The van der Waals surface area contributed by atoms with Gasteiger partial charge in [-0.15, -0.1) is 0 Å². The van der Waals surface area contributed by atoms with E-state index in [2.05, 4.69) is 27.7 Å². The van der Waals surface area contributed by atoms with E-state index >= 15 is 0 Å². The van der Waals surface area contributed by atoms with Crippen LogP contribution in [0.1, 0.15) is 137 Å². The van der Waals surface area contributed by atoms with Crippen LogP contribution in [0.15, 0.2) is 11.0 Å². The van der Waals surface area contributed by atoms with E-state index in [0.29, 0.717) is 30.5 Å². The van der Waals surface area contributed by atoms with Crippen molar-refractivity contribution < 1.29 is 14.9 Å². The first-order valence-electron chi connectivity index (χ1n) is 15.5. The van der Waals surface area contributed by atoms with Crippen LogP contribution in [0.25, 0.3) is 0 Å². The Labute approximate surface area is 227 Å². The van der Waals surface area contributed by atoms with E-state index < -0.39 is 0 Å². The summed E-state index contributed by atoms with van der Waals surface area (Å²) in [6.07, 6.45) is 20.2. The maximum absolute atomic E-state index is 12.3. The zero-order chi connectivity index (χ0) is 27.6. The molecule has 37 heavy (non-hydrogen) atoms. The molecular formula is C31H60N2O4. The average molecular weight is 525 g/mol. The molecule has 0 saturated heterocycles. The Bertz CT molecular complexity index is 747. The lowest BCUT2D eigenvalue weighted by Crippen LogP contribution is -2.25. The minimum Gasteiger partial charge on any atom is -0.493 e. The molecule has 0 aliphatic heterocycles. The van der Waals surface area contributed by atoms with Crippen LogP contribution in [-0.4, -0.2) is 39.2 Å². The van der Waals surface area contributed by atoms with E-state index in [1.54, 1.807) is 10.8 Å². The Hall–Kier alpha value is -1.27. The molecule has 1 aromatic heterocycles. The van der Waals surface area contributed by atoms with Crippen molar-refractivity contribution in [2.45, 2.75) is 150 Å². The smallest absolute Gasteiger partial charge is 0.331 e. The van der Waals surface area contributed by atoms with Crippen LogP contribution >= 0.6 is 0 Å². The molecule has 0 amide bonds. The predicted octanol–water partition coefficient (Wildman–Crippen LogP) is 7.68. The molecule has 0 spiro atoms. The molecule has 0 unspecified atom stereocenters. The first kappa shape index (κ1) is 33.8. The highest BCUT2D eigenvalue weighted by atomic mass is 16.5. The van der Waals surface area contributed by atoms with Gasteiger partial charge in [-0.05, 0) is 69.1 Å². The Kier molecular flexibility index (Phi) is 17.2. The first-order valence-corrected chi connectivity index (χ1v) is 15.5. The fraction of sp³-hybridized carbons (Fsp3) is 0.903. The molecule has 218 valence electrons. The summed E-state index contributed by atoms with van der Waals surface area (Å²) in [7, 11) is 0. The van der Waals surface area contributed by atoms with Gasteiger partial charge in [0.2, 0.25) is 5.88 Å². The van der Waals surface area contributed by atoms with E-state index in [4.69, 9.17) is 9.84 Å². The Morgan fingerprint density at radius 2 is 1.22 bits per heavy atom. The van der Waals surface area contributed by atoms with Crippen LogP contribution in [0.5, 0.6) is 5.88 Å². The molecule has 0 aliphatic carbocycles. The summed E-state index contributed by atoms with van der Waals surface area (Å²) >= 11 is 0. The minimum absolute atomic E-state index is 0.0794. The van der Waals surface area contributed by atoms with Crippen LogP contribution in [0.2, 0.25) is 0 Å². The van der Waals surface area contributed by atoms with E-state index in [0.717, 1.165) is 64.6 Å². The number of aromatic hydroxyl groups is 1. The van der Waals surface area contributed by atoms with Gasteiger partial charge in [-0.3, -0.25) is 9.13 Å². The van der Waals surface area contributed by atoms with Gasteiger partial charge in [0.25, 0.3) is 0 Å². The molecule has 1 heterocycles. The molecule has 0 fully saturated rings. The highest BCUT2D eigenvalue weighted by Gasteiger charge is 2.26. The Balaban J connectivity index is 2.27. The molecule has 0 aliphatic rings. The van der Waals surface area contributed by atoms with Crippen molar-refractivity contribution in [3.8, 4) is 5.88 Å². The topological polar surface area (TPSA) is 76.6 Å². The number of aliphatic hydroxyl groups is 1. The molecule has 0 atom stereocenters. The standard InChI is InChI=1S/C31H60N2O4/c1-6-30(7-2,19-12-11-15-24-34)20-13-16-25-37-26-17-14-21-31(8-3,9-4)22-18-23-33-28(35)27-32(10-5)29(33)36/h27,34-35H,6-26H2,1-5H3. The molecule has 1 aromatic rings. The third-order valence-corrected chi connectivity index (χ3v) is 9.31. The summed E-state index contributed by atoms with van der Waals surface area (Å²) in [5, 5.41) is 19.1. The van der Waals surface area contributed by atoms with Gasteiger partial charge in [-0.2, -0.15) is 0 Å². The number of nitrogens with zero attached hydrogens (tertiary/aromatic N) is 2. The molecular weight excluding hydrogens is 464 g/mol. The quantitative estimate of drug-likeness (QED) is 0.136. The predicted molar refractivity (Wildman–Crippen MR) is 155 cm³/mol. The number of rotatable bonds is 24. The van der Waals surface area contributed by atoms with Crippen LogP contribution in [0, 0.1) is 10.8 Å². The lowest BCUT2D eigenvalue weighted by Gasteiger charge is -2.32. The van der Waals surface area contributed by atoms with Gasteiger partial charge in [-0.25, -0.2) is 4.79 Å². The van der Waals surface area contributed by atoms with Crippen LogP contribution in [0.4, 0.5) is 0 Å². The molecule has 6 heteroatoms. The normalized spacial score (nSPS) is 12.5. The van der Waals surface area contributed by atoms with Crippen molar-refractivity contribution >= 4 is 0 Å². The van der Waals surface area contributed by atoms with E-state index in [9.17, 15) is 9.90 Å². The van der Waals surface area contributed by atoms with Crippen LogP contribution < -0.4 is 5.69 Å². The average Bonchev–Trinajstić information content (AvgIpc) is 3.20. The van der Waals surface area contributed by atoms with Crippen molar-refractivity contribution in [1.29, 1.82) is 0 Å². The van der Waals surface area contributed by atoms with Gasteiger partial charge < -0.3 is 14.9 Å². The molecule has 0 bridgehead atoms. The number of ether oxygens (including phenoxy) is 1. The zero-order valence-electron chi connectivity index (χ0n) is 25.0. The Morgan fingerprint density at radius 3 is 1.65 bits per heavy atom. The Morgan fingerprint density at radius 1 is 0.730 bits per heavy atom. The largest absolute Gasteiger partial charge is 0.493 e. The summed E-state index contributed by atoms with van der Waals surface area (Å²) in [5.41, 5.74) is 0.683. The van der Waals surface area contributed by atoms with Gasteiger partial charge >= 0.3 is 5.69 Å². The number of aryl methyl sites for hydroxylation is 1. The number of hydrogen-bond donors (Lipinski definition) is 2. The van der Waals surface area contributed by atoms with E-state index in [1.165, 1.54) is 55.9 Å². The van der Waals surface area contributed by atoms with Gasteiger partial charge in [0.05, 0.1) is 6.20 Å². The van der Waals surface area contributed by atoms with E-state index in [-0.39, 0.29) is 11.6 Å². The van der Waals surface area contributed by atoms with E-state index in [1.807, 2.05) is 6.92 Å². The monoisotopic (exact) mass is 524 g/mol. The lowest BCUT2D eigenvalue weighted by molar-refractivity contribution is 0.113. The second-order valence-electron chi connectivity index (χ2n) is 11.3. The third kappa shape index (κ3) is 11.6. The molecule has 2 N–H and O–H groups in total. The fourth-order valence-corrected chi connectivity index (χ4v) is 6.03. The number of imidazole rings is 1. The number of hydrogen-bond acceptors (Lipinski definition) is 4. The molecule has 1 rings (SSSR count). The van der Waals surface area contributed by atoms with Crippen molar-refractivity contribution in [2.75, 3.05) is 19.8 Å². The lowest BCUT2D eigenvalue weighted by atomic mass is 9.74. The number of aliphatic hydroxyl groups excluding tert-OH is 1. The summed E-state index contributed by atoms with van der Waals surface area (Å²) in [6, 6.07) is 0. The highest BCUT2D eigenvalue weighted by Crippen LogP contribution is 2.39. The summed E-state index contributed by atoms with van der Waals surface area (Å²) in [6.45, 7) is 14.4. The third-order valence-electron chi connectivity index (χ3n) is 9.31. The van der Waals surface area contributed by atoms with Crippen molar-refractivity contribution in [3.63, 3.8) is 0 Å². The van der Waals surface area contributed by atoms with Crippen LogP contribution in [0.3, 0.4) is 0 Å². The zero-order valence-corrected chi connectivity index (χ0v) is 25.0. The highest BCUT2D eigenvalue weighted by molar-refractivity contribution is 5.05. The summed E-state index contributed by atoms with van der Waals surface area (Å²) < 4.78 is 9.07. The van der Waals surface area contributed by atoms with Crippen LogP contribution in [-0.2, 0) is 17.8 Å². The summed E-state index contributed by atoms with van der Waals surface area (Å²) in [5.74, 6) is 0.0794. The number of aromatic nitrogens is 2. The second-order valence-corrected chi connectivity index (χ2v) is 11.3. The molecule has 0 aromatic carbocycles. The maximum atomic E-state index is 12.3. The molecule has 6 nitrogen and oxygen atoms in total. The SMILES string of the molecule is CCn1cc(O)n(CCCC(CC)(CC)CCCCOCCCCC(CC)(CC)CCCCCO)c1=O. The number of unbranched alkanes of at least 4 members (excludes halogenated alkanes) is 4. The molecule has 0 saturated carbocycles. The van der Waals surface area contributed by atoms with Gasteiger partial charge in [0.15, 0.2) is 0 Å². The second kappa shape index (κ2) is 18.9. The maximum Gasteiger partial charge on any atom is 0.331 e. The minimum atomic E-state index is -0.108. The van der Waals surface area contributed by atoms with Gasteiger partial charge in [0, 0.05) is 32.9 Å². The van der Waals surface area contributed by atoms with Crippen molar-refractivity contribution in [3.05, 3.63) is 16.7 Å². The van der Waals surface area contributed by atoms with Crippen molar-refractivity contribution in [1.82, 2.24) is 9.13 Å². The first-order chi connectivity index (χ1) is 17.9. The van der Waals surface area contributed by atoms with Gasteiger partial charge in [-0.1, -0.05) is 79.1 Å². The molecule has 0 radical (unpaired) electrons. The van der Waals surface area contributed by atoms with Gasteiger partial charge in [0.1, 0.15) is 0 Å².